The zero-order valence-corrected chi connectivity index (χ0v) is 14.0. The minimum atomic E-state index is 0.454. The second kappa shape index (κ2) is 5.94. The Kier molecular flexibility index (Phi) is 3.61. The van der Waals surface area contributed by atoms with Crippen LogP contribution >= 0.6 is 0 Å². The maximum absolute atomic E-state index is 9.46. The normalized spacial score (nSPS) is 12.0. The van der Waals surface area contributed by atoms with Gasteiger partial charge < -0.3 is 14.5 Å². The minimum absolute atomic E-state index is 0.454. The van der Waals surface area contributed by atoms with Gasteiger partial charge in [0.25, 0.3) is 0 Å². The molecule has 5 nitrogen and oxygen atoms in total. The third kappa shape index (κ3) is 2.70. The quantitative estimate of drug-likeness (QED) is 0.445. The molecule has 0 bridgehead atoms. The SMILES string of the molecule is CN(C)c1ccc2oc(-c3cc4ccccc4cn3)cc(=NO)c2c1. The van der Waals surface area contributed by atoms with E-state index in [0.29, 0.717) is 22.4 Å². The van der Waals surface area contributed by atoms with Gasteiger partial charge in [0.2, 0.25) is 0 Å². The summed E-state index contributed by atoms with van der Waals surface area (Å²) in [5.41, 5.74) is 2.34. The molecule has 0 aliphatic carbocycles. The molecule has 5 heteroatoms. The van der Waals surface area contributed by atoms with Crippen molar-refractivity contribution >= 4 is 27.4 Å². The van der Waals surface area contributed by atoms with E-state index in [1.54, 1.807) is 6.07 Å². The molecule has 0 aliphatic heterocycles. The highest BCUT2D eigenvalue weighted by atomic mass is 16.4. The van der Waals surface area contributed by atoms with Crippen LogP contribution in [0, 0.1) is 0 Å². The summed E-state index contributed by atoms with van der Waals surface area (Å²) in [6.45, 7) is 0. The van der Waals surface area contributed by atoms with Crippen molar-refractivity contribution < 1.29 is 9.62 Å². The lowest BCUT2D eigenvalue weighted by atomic mass is 10.1. The van der Waals surface area contributed by atoms with E-state index in [1.807, 2.05) is 73.7 Å². The number of aromatic nitrogens is 1. The van der Waals surface area contributed by atoms with Crippen LogP contribution in [0.2, 0.25) is 0 Å². The van der Waals surface area contributed by atoms with Crippen LogP contribution in [0.1, 0.15) is 0 Å². The molecule has 4 rings (SSSR count). The Morgan fingerprint density at radius 2 is 1.80 bits per heavy atom. The molecule has 0 atom stereocenters. The summed E-state index contributed by atoms with van der Waals surface area (Å²) < 4.78 is 6.02. The topological polar surface area (TPSA) is 61.9 Å². The summed E-state index contributed by atoms with van der Waals surface area (Å²) in [4.78, 5) is 6.47. The van der Waals surface area contributed by atoms with Crippen LogP contribution in [0.5, 0.6) is 0 Å². The zero-order valence-electron chi connectivity index (χ0n) is 14.0. The second-order valence-electron chi connectivity index (χ2n) is 6.09. The van der Waals surface area contributed by atoms with Crippen LogP contribution < -0.4 is 10.3 Å². The van der Waals surface area contributed by atoms with Gasteiger partial charge in [-0.2, -0.15) is 0 Å². The maximum atomic E-state index is 9.46. The first-order valence-corrected chi connectivity index (χ1v) is 7.94. The summed E-state index contributed by atoms with van der Waals surface area (Å²) in [7, 11) is 3.92. The van der Waals surface area contributed by atoms with E-state index < -0.39 is 0 Å². The van der Waals surface area contributed by atoms with E-state index in [4.69, 9.17) is 4.42 Å². The predicted molar refractivity (Wildman–Crippen MR) is 98.6 cm³/mol. The summed E-state index contributed by atoms with van der Waals surface area (Å²) in [5, 5.41) is 16.2. The first-order chi connectivity index (χ1) is 12.2. The van der Waals surface area contributed by atoms with Crippen LogP contribution in [0.15, 0.2) is 70.4 Å². The van der Waals surface area contributed by atoms with Crippen molar-refractivity contribution in [3.8, 4) is 11.5 Å². The van der Waals surface area contributed by atoms with E-state index in [2.05, 4.69) is 10.1 Å². The third-order valence-electron chi connectivity index (χ3n) is 4.23. The molecule has 0 unspecified atom stereocenters. The number of hydrogen-bond donors (Lipinski definition) is 1. The number of fused-ring (bicyclic) bond motifs is 2. The van der Waals surface area contributed by atoms with Gasteiger partial charge in [-0.15, -0.1) is 0 Å². The van der Waals surface area contributed by atoms with E-state index in [0.717, 1.165) is 21.8 Å². The molecule has 0 aliphatic rings. The lowest BCUT2D eigenvalue weighted by Crippen LogP contribution is -2.10. The Morgan fingerprint density at radius 3 is 2.56 bits per heavy atom. The number of hydrogen-bond acceptors (Lipinski definition) is 5. The Bertz CT molecular complexity index is 1150. The largest absolute Gasteiger partial charge is 0.454 e. The van der Waals surface area contributed by atoms with Crippen molar-refractivity contribution in [2.75, 3.05) is 19.0 Å². The second-order valence-corrected chi connectivity index (χ2v) is 6.09. The fourth-order valence-electron chi connectivity index (χ4n) is 2.86. The number of benzene rings is 2. The van der Waals surface area contributed by atoms with Gasteiger partial charge in [-0.25, -0.2) is 0 Å². The van der Waals surface area contributed by atoms with Gasteiger partial charge in [-0.3, -0.25) is 4.98 Å². The molecule has 2 heterocycles. The lowest BCUT2D eigenvalue weighted by Gasteiger charge is -2.13. The highest BCUT2D eigenvalue weighted by Crippen LogP contribution is 2.25. The molecule has 124 valence electrons. The first-order valence-electron chi connectivity index (χ1n) is 7.94. The maximum Gasteiger partial charge on any atom is 0.155 e. The van der Waals surface area contributed by atoms with Crippen LogP contribution in [-0.4, -0.2) is 24.3 Å². The molecule has 0 amide bonds. The molecule has 0 radical (unpaired) electrons. The van der Waals surface area contributed by atoms with E-state index in [9.17, 15) is 5.21 Å². The molecule has 2 aromatic heterocycles. The molecular weight excluding hydrogens is 314 g/mol. The number of pyridine rings is 1. The van der Waals surface area contributed by atoms with Crippen molar-refractivity contribution in [2.24, 2.45) is 5.16 Å². The van der Waals surface area contributed by atoms with Crippen molar-refractivity contribution in [2.45, 2.75) is 0 Å². The first kappa shape index (κ1) is 15.2. The molecule has 4 aromatic rings. The van der Waals surface area contributed by atoms with Gasteiger partial charge in [-0.05, 0) is 29.7 Å². The Balaban J connectivity index is 1.94. The monoisotopic (exact) mass is 331 g/mol. The number of nitrogens with zero attached hydrogens (tertiary/aromatic N) is 3. The Hall–Kier alpha value is -3.34. The van der Waals surface area contributed by atoms with Gasteiger partial charge in [0.1, 0.15) is 16.6 Å². The Morgan fingerprint density at radius 1 is 1.00 bits per heavy atom. The number of rotatable bonds is 2. The summed E-state index contributed by atoms with van der Waals surface area (Å²) in [6, 6.07) is 17.5. The predicted octanol–water partition coefficient (Wildman–Crippen LogP) is 4.00. The number of anilines is 1. The van der Waals surface area contributed by atoms with Crippen molar-refractivity contribution in [1.29, 1.82) is 0 Å². The van der Waals surface area contributed by atoms with Gasteiger partial charge in [0, 0.05) is 42.8 Å². The van der Waals surface area contributed by atoms with Crippen LogP contribution in [0.3, 0.4) is 0 Å². The van der Waals surface area contributed by atoms with Gasteiger partial charge in [0.05, 0.1) is 0 Å². The standard InChI is InChI=1S/C20H17N3O2/c1-23(2)15-7-8-19-16(10-15)17(22-24)11-20(25-19)18-9-13-5-3-4-6-14(13)12-21-18/h3-12,24H,1-2H3. The van der Waals surface area contributed by atoms with Crippen molar-refractivity contribution in [3.05, 3.63) is 66.2 Å². The van der Waals surface area contributed by atoms with Gasteiger partial charge >= 0.3 is 0 Å². The highest BCUT2D eigenvalue weighted by Gasteiger charge is 2.09. The summed E-state index contributed by atoms with van der Waals surface area (Å²) in [5.74, 6) is 0.559. The minimum Gasteiger partial charge on any atom is -0.454 e. The molecule has 0 spiro atoms. The summed E-state index contributed by atoms with van der Waals surface area (Å²) in [6.07, 6.45) is 1.81. The van der Waals surface area contributed by atoms with Gasteiger partial charge in [0.15, 0.2) is 5.76 Å². The fraction of sp³-hybridized carbons (Fsp3) is 0.100. The van der Waals surface area contributed by atoms with E-state index >= 15 is 0 Å². The highest BCUT2D eigenvalue weighted by molar-refractivity contribution is 5.86. The Labute approximate surface area is 144 Å². The average molecular weight is 331 g/mol. The summed E-state index contributed by atoms with van der Waals surface area (Å²) >= 11 is 0. The third-order valence-corrected chi connectivity index (χ3v) is 4.23. The average Bonchev–Trinajstić information content (AvgIpc) is 2.66. The van der Waals surface area contributed by atoms with Crippen molar-refractivity contribution in [1.82, 2.24) is 4.98 Å². The molecule has 1 N–H and O–H groups in total. The molecule has 0 saturated carbocycles. The van der Waals surface area contributed by atoms with E-state index in [-0.39, 0.29) is 0 Å². The molecular formula is C20H17N3O2. The van der Waals surface area contributed by atoms with E-state index in [1.165, 1.54) is 0 Å². The van der Waals surface area contributed by atoms with Gasteiger partial charge in [-0.1, -0.05) is 29.4 Å². The molecule has 2 aromatic carbocycles. The molecule has 0 saturated heterocycles. The molecule has 0 fully saturated rings. The molecule has 25 heavy (non-hydrogen) atoms. The zero-order chi connectivity index (χ0) is 17.4. The van der Waals surface area contributed by atoms with Crippen LogP contribution in [0.4, 0.5) is 5.69 Å². The lowest BCUT2D eigenvalue weighted by molar-refractivity contribution is 0.302. The van der Waals surface area contributed by atoms with Crippen LogP contribution in [0.25, 0.3) is 33.2 Å². The van der Waals surface area contributed by atoms with Crippen LogP contribution in [-0.2, 0) is 0 Å². The fourth-order valence-corrected chi connectivity index (χ4v) is 2.86. The van der Waals surface area contributed by atoms with Crippen molar-refractivity contribution in [3.63, 3.8) is 0 Å². The smallest absolute Gasteiger partial charge is 0.155 e.